The first-order valence-electron chi connectivity index (χ1n) is 9.43. The van der Waals surface area contributed by atoms with Gasteiger partial charge in [0.25, 0.3) is 0 Å². The molecule has 0 radical (unpaired) electrons. The van der Waals surface area contributed by atoms with Crippen LogP contribution in [0, 0.1) is 5.92 Å². The summed E-state index contributed by atoms with van der Waals surface area (Å²) in [6.45, 7) is 8.39. The number of hydrogen-bond acceptors (Lipinski definition) is 2. The number of nitrogens with zero attached hydrogens (tertiary/aromatic N) is 1. The summed E-state index contributed by atoms with van der Waals surface area (Å²) in [7, 11) is 0. The molecule has 0 aliphatic heterocycles. The average molecular weight is 354 g/mol. The molecule has 0 aliphatic carbocycles. The minimum atomic E-state index is 0.00142. The SMILES string of the molecule is CCCCNC(=O)N(Cc1cccc(Oc2ccccc2)c1)CC(C)C. The second kappa shape index (κ2) is 10.5. The maximum absolute atomic E-state index is 12.5. The largest absolute Gasteiger partial charge is 0.457 e. The molecule has 0 aliphatic rings. The van der Waals surface area contributed by atoms with Gasteiger partial charge in [-0.3, -0.25) is 0 Å². The predicted molar refractivity (Wildman–Crippen MR) is 107 cm³/mol. The number of carbonyl (C=O) groups is 1. The van der Waals surface area contributed by atoms with Gasteiger partial charge in [-0.25, -0.2) is 4.79 Å². The van der Waals surface area contributed by atoms with E-state index in [1.165, 1.54) is 0 Å². The second-order valence-electron chi connectivity index (χ2n) is 6.92. The number of carbonyl (C=O) groups excluding carboxylic acids is 1. The monoisotopic (exact) mass is 354 g/mol. The van der Waals surface area contributed by atoms with Crippen molar-refractivity contribution in [3.05, 3.63) is 60.2 Å². The van der Waals surface area contributed by atoms with E-state index in [-0.39, 0.29) is 6.03 Å². The molecule has 0 atom stereocenters. The lowest BCUT2D eigenvalue weighted by molar-refractivity contribution is 0.187. The summed E-state index contributed by atoms with van der Waals surface area (Å²) in [5, 5.41) is 3.02. The highest BCUT2D eigenvalue weighted by molar-refractivity contribution is 5.74. The fourth-order valence-electron chi connectivity index (χ4n) is 2.70. The van der Waals surface area contributed by atoms with E-state index in [1.54, 1.807) is 0 Å². The van der Waals surface area contributed by atoms with Gasteiger partial charge in [-0.05, 0) is 42.2 Å². The molecule has 26 heavy (non-hydrogen) atoms. The number of ether oxygens (including phenoxy) is 1. The van der Waals surface area contributed by atoms with Crippen LogP contribution in [0.2, 0.25) is 0 Å². The van der Waals surface area contributed by atoms with Crippen molar-refractivity contribution in [2.75, 3.05) is 13.1 Å². The number of benzene rings is 2. The van der Waals surface area contributed by atoms with Crippen molar-refractivity contribution in [1.82, 2.24) is 10.2 Å². The van der Waals surface area contributed by atoms with Crippen LogP contribution < -0.4 is 10.1 Å². The molecule has 2 amide bonds. The van der Waals surface area contributed by atoms with E-state index >= 15 is 0 Å². The molecule has 4 nitrogen and oxygen atoms in total. The van der Waals surface area contributed by atoms with Gasteiger partial charge in [0, 0.05) is 19.6 Å². The molecular weight excluding hydrogens is 324 g/mol. The lowest BCUT2D eigenvalue weighted by Crippen LogP contribution is -2.41. The van der Waals surface area contributed by atoms with Crippen molar-refractivity contribution < 1.29 is 9.53 Å². The Morgan fingerprint density at radius 1 is 1.08 bits per heavy atom. The number of urea groups is 1. The maximum Gasteiger partial charge on any atom is 0.317 e. The standard InChI is InChI=1S/C22H30N2O2/c1-4-5-14-23-22(25)24(16-18(2)3)17-19-10-9-13-21(15-19)26-20-11-7-6-8-12-20/h6-13,15,18H,4-5,14,16-17H2,1-3H3,(H,23,25). The molecular formula is C22H30N2O2. The Balaban J connectivity index is 2.04. The molecule has 0 fully saturated rings. The van der Waals surface area contributed by atoms with E-state index < -0.39 is 0 Å². The zero-order chi connectivity index (χ0) is 18.8. The smallest absolute Gasteiger partial charge is 0.317 e. The maximum atomic E-state index is 12.5. The van der Waals surface area contributed by atoms with Crippen molar-refractivity contribution in [2.45, 2.75) is 40.2 Å². The van der Waals surface area contributed by atoms with E-state index in [0.717, 1.165) is 43.0 Å². The third-order valence-electron chi connectivity index (χ3n) is 3.93. The molecule has 2 aromatic carbocycles. The van der Waals surface area contributed by atoms with E-state index in [9.17, 15) is 4.79 Å². The Kier molecular flexibility index (Phi) is 8.00. The average Bonchev–Trinajstić information content (AvgIpc) is 2.62. The van der Waals surface area contributed by atoms with Crippen LogP contribution >= 0.6 is 0 Å². The van der Waals surface area contributed by atoms with Gasteiger partial charge in [-0.2, -0.15) is 0 Å². The molecule has 0 saturated carbocycles. The molecule has 4 heteroatoms. The third kappa shape index (κ3) is 6.79. The van der Waals surface area contributed by atoms with Crippen LogP contribution in [0.5, 0.6) is 11.5 Å². The molecule has 140 valence electrons. The molecule has 1 N–H and O–H groups in total. The molecule has 0 heterocycles. The first-order valence-corrected chi connectivity index (χ1v) is 9.43. The van der Waals surface area contributed by atoms with Gasteiger partial charge in [-0.1, -0.05) is 57.5 Å². The quantitative estimate of drug-likeness (QED) is 0.609. The van der Waals surface area contributed by atoms with Crippen molar-refractivity contribution in [3.8, 4) is 11.5 Å². The molecule has 0 spiro atoms. The summed E-state index contributed by atoms with van der Waals surface area (Å²) < 4.78 is 5.90. The summed E-state index contributed by atoms with van der Waals surface area (Å²) in [6, 6.07) is 17.7. The summed E-state index contributed by atoms with van der Waals surface area (Å²) >= 11 is 0. The van der Waals surface area contributed by atoms with Crippen LogP contribution in [-0.2, 0) is 6.54 Å². The van der Waals surface area contributed by atoms with Gasteiger partial charge < -0.3 is 15.0 Å². The van der Waals surface area contributed by atoms with Gasteiger partial charge in [0.15, 0.2) is 0 Å². The van der Waals surface area contributed by atoms with Gasteiger partial charge in [0.2, 0.25) is 0 Å². The van der Waals surface area contributed by atoms with Crippen molar-refractivity contribution in [2.24, 2.45) is 5.92 Å². The highest BCUT2D eigenvalue weighted by atomic mass is 16.5. The first kappa shape index (κ1) is 19.8. The van der Waals surface area contributed by atoms with Crippen molar-refractivity contribution in [3.63, 3.8) is 0 Å². The van der Waals surface area contributed by atoms with Gasteiger partial charge >= 0.3 is 6.03 Å². The van der Waals surface area contributed by atoms with Crippen LogP contribution in [0.4, 0.5) is 4.79 Å². The minimum Gasteiger partial charge on any atom is -0.457 e. The Labute approximate surface area is 157 Å². The highest BCUT2D eigenvalue weighted by Gasteiger charge is 2.15. The molecule has 0 saturated heterocycles. The minimum absolute atomic E-state index is 0.00142. The Hall–Kier alpha value is -2.49. The van der Waals surface area contributed by atoms with Gasteiger partial charge in [0.05, 0.1) is 0 Å². The van der Waals surface area contributed by atoms with Crippen LogP contribution in [0.1, 0.15) is 39.2 Å². The summed E-state index contributed by atoms with van der Waals surface area (Å²) in [6.07, 6.45) is 2.07. The predicted octanol–water partition coefficient (Wildman–Crippen LogP) is 5.45. The molecule has 0 unspecified atom stereocenters. The number of rotatable bonds is 9. The normalized spacial score (nSPS) is 10.6. The lowest BCUT2D eigenvalue weighted by Gasteiger charge is -2.25. The van der Waals surface area contributed by atoms with Gasteiger partial charge in [0.1, 0.15) is 11.5 Å². The van der Waals surface area contributed by atoms with Crippen molar-refractivity contribution in [1.29, 1.82) is 0 Å². The summed E-state index contributed by atoms with van der Waals surface area (Å²) in [4.78, 5) is 14.4. The second-order valence-corrected chi connectivity index (χ2v) is 6.92. The van der Waals surface area contributed by atoms with Crippen LogP contribution in [-0.4, -0.2) is 24.0 Å². The van der Waals surface area contributed by atoms with Crippen molar-refractivity contribution >= 4 is 6.03 Å². The number of nitrogens with one attached hydrogen (secondary N) is 1. The van der Waals surface area contributed by atoms with E-state index in [1.807, 2.05) is 59.5 Å². The zero-order valence-electron chi connectivity index (χ0n) is 16.1. The molecule has 0 aromatic heterocycles. The lowest BCUT2D eigenvalue weighted by atomic mass is 10.1. The topological polar surface area (TPSA) is 41.6 Å². The van der Waals surface area contributed by atoms with Gasteiger partial charge in [-0.15, -0.1) is 0 Å². The number of unbranched alkanes of at least 4 members (excludes halogenated alkanes) is 1. The van der Waals surface area contributed by atoms with E-state index in [0.29, 0.717) is 12.5 Å². The van der Waals surface area contributed by atoms with Crippen LogP contribution in [0.15, 0.2) is 54.6 Å². The Bertz CT molecular complexity index is 671. The molecule has 2 rings (SSSR count). The van der Waals surface area contributed by atoms with Crippen LogP contribution in [0.25, 0.3) is 0 Å². The summed E-state index contributed by atoms with van der Waals surface area (Å²) in [5.74, 6) is 2.00. The third-order valence-corrected chi connectivity index (χ3v) is 3.93. The fourth-order valence-corrected chi connectivity index (χ4v) is 2.70. The Morgan fingerprint density at radius 2 is 1.81 bits per heavy atom. The van der Waals surface area contributed by atoms with E-state index in [4.69, 9.17) is 4.74 Å². The fraction of sp³-hybridized carbons (Fsp3) is 0.409. The van der Waals surface area contributed by atoms with E-state index in [2.05, 4.69) is 26.1 Å². The molecule has 0 bridgehead atoms. The number of para-hydroxylation sites is 1. The zero-order valence-corrected chi connectivity index (χ0v) is 16.1. The Morgan fingerprint density at radius 3 is 2.50 bits per heavy atom. The first-order chi connectivity index (χ1) is 12.6. The van der Waals surface area contributed by atoms with Crippen LogP contribution in [0.3, 0.4) is 0 Å². The number of hydrogen-bond donors (Lipinski definition) is 1. The summed E-state index contributed by atoms with van der Waals surface area (Å²) in [5.41, 5.74) is 1.06. The molecule has 2 aromatic rings. The number of amides is 2. The highest BCUT2D eigenvalue weighted by Crippen LogP contribution is 2.22.